The molecule has 0 aliphatic rings. The maximum Gasteiger partial charge on any atom is -0.0237 e. The molecule has 0 spiro atoms. The third kappa shape index (κ3) is 4.58. The van der Waals surface area contributed by atoms with E-state index >= 15 is 0 Å². The van der Waals surface area contributed by atoms with Gasteiger partial charge in [-0.3, -0.25) is 0 Å². The summed E-state index contributed by atoms with van der Waals surface area (Å²) in [5, 5.41) is 0. The zero-order chi connectivity index (χ0) is 9.56. The van der Waals surface area contributed by atoms with Gasteiger partial charge in [-0.15, -0.1) is 0 Å². The molecule has 72 valence electrons. The molecule has 0 aromatic rings. The Bertz CT molecular complexity index is 133. The fraction of sp³-hybridized carbons (Fsp3) is 0.833. The highest BCUT2D eigenvalue weighted by Crippen LogP contribution is 2.17. The van der Waals surface area contributed by atoms with Gasteiger partial charge in [-0.2, -0.15) is 0 Å². The Morgan fingerprint density at radius 2 is 1.83 bits per heavy atom. The van der Waals surface area contributed by atoms with E-state index in [-0.39, 0.29) is 0 Å². The molecule has 0 aliphatic heterocycles. The summed E-state index contributed by atoms with van der Waals surface area (Å²) < 4.78 is 0. The van der Waals surface area contributed by atoms with E-state index in [4.69, 9.17) is 0 Å². The molecule has 0 radical (unpaired) electrons. The molecule has 0 aromatic heterocycles. The molecular weight excluding hydrogens is 144 g/mol. The van der Waals surface area contributed by atoms with Crippen LogP contribution < -0.4 is 0 Å². The highest BCUT2D eigenvalue weighted by molar-refractivity contribution is 5.03. The highest BCUT2D eigenvalue weighted by atomic mass is 14.1. The summed E-state index contributed by atoms with van der Waals surface area (Å²) in [5.74, 6) is 1.54. The zero-order valence-electron chi connectivity index (χ0n) is 9.35. The molecule has 0 aromatic carbocycles. The SMILES string of the molecule is CCCC(C)C=C(C)C(C)CC. The Morgan fingerprint density at radius 3 is 2.25 bits per heavy atom. The first-order valence-corrected chi connectivity index (χ1v) is 5.30. The number of rotatable bonds is 5. The number of hydrogen-bond acceptors (Lipinski definition) is 0. The lowest BCUT2D eigenvalue weighted by molar-refractivity contribution is 0.600. The minimum atomic E-state index is 0.768. The van der Waals surface area contributed by atoms with Crippen molar-refractivity contribution >= 4 is 0 Å². The van der Waals surface area contributed by atoms with Gasteiger partial charge >= 0.3 is 0 Å². The molecule has 0 N–H and O–H groups in total. The van der Waals surface area contributed by atoms with E-state index in [2.05, 4.69) is 40.7 Å². The van der Waals surface area contributed by atoms with Crippen LogP contribution in [0.15, 0.2) is 11.6 Å². The van der Waals surface area contributed by atoms with Crippen LogP contribution in [0.25, 0.3) is 0 Å². The van der Waals surface area contributed by atoms with Gasteiger partial charge < -0.3 is 0 Å². The summed E-state index contributed by atoms with van der Waals surface area (Å²) in [4.78, 5) is 0. The van der Waals surface area contributed by atoms with Gasteiger partial charge in [0.25, 0.3) is 0 Å². The largest absolute Gasteiger partial charge is 0.0825 e. The molecule has 0 saturated heterocycles. The van der Waals surface area contributed by atoms with Gasteiger partial charge in [0.2, 0.25) is 0 Å². The van der Waals surface area contributed by atoms with Crippen molar-refractivity contribution in [2.24, 2.45) is 11.8 Å². The van der Waals surface area contributed by atoms with Gasteiger partial charge in [0, 0.05) is 0 Å². The number of allylic oxidation sites excluding steroid dienone is 2. The molecule has 0 saturated carbocycles. The van der Waals surface area contributed by atoms with Crippen LogP contribution in [0.1, 0.15) is 53.9 Å². The molecule has 12 heavy (non-hydrogen) atoms. The standard InChI is InChI=1S/C12H24/c1-6-8-10(3)9-12(5)11(4)7-2/h9-11H,6-8H2,1-5H3. The highest BCUT2D eigenvalue weighted by Gasteiger charge is 2.02. The summed E-state index contributed by atoms with van der Waals surface area (Å²) in [6, 6.07) is 0. The van der Waals surface area contributed by atoms with Crippen LogP contribution in [-0.2, 0) is 0 Å². The maximum absolute atomic E-state index is 2.44. The van der Waals surface area contributed by atoms with E-state index in [1.165, 1.54) is 19.3 Å². The van der Waals surface area contributed by atoms with Crippen LogP contribution in [-0.4, -0.2) is 0 Å². The number of hydrogen-bond donors (Lipinski definition) is 0. The van der Waals surface area contributed by atoms with E-state index in [1.807, 2.05) is 0 Å². The monoisotopic (exact) mass is 168 g/mol. The van der Waals surface area contributed by atoms with Crippen molar-refractivity contribution in [2.45, 2.75) is 53.9 Å². The third-order valence-electron chi connectivity index (χ3n) is 2.68. The maximum atomic E-state index is 2.44. The van der Waals surface area contributed by atoms with Crippen molar-refractivity contribution < 1.29 is 0 Å². The van der Waals surface area contributed by atoms with E-state index in [0.29, 0.717) is 0 Å². The van der Waals surface area contributed by atoms with Gasteiger partial charge in [-0.1, -0.05) is 45.8 Å². The van der Waals surface area contributed by atoms with Gasteiger partial charge in [0.05, 0.1) is 0 Å². The quantitative estimate of drug-likeness (QED) is 0.533. The van der Waals surface area contributed by atoms with Crippen molar-refractivity contribution in [1.82, 2.24) is 0 Å². The fourth-order valence-electron chi connectivity index (χ4n) is 1.47. The van der Waals surface area contributed by atoms with Crippen molar-refractivity contribution in [3.8, 4) is 0 Å². The van der Waals surface area contributed by atoms with Crippen LogP contribution in [0.4, 0.5) is 0 Å². The van der Waals surface area contributed by atoms with Crippen molar-refractivity contribution in [2.75, 3.05) is 0 Å². The molecule has 2 unspecified atom stereocenters. The average Bonchev–Trinajstić information content (AvgIpc) is 2.03. The van der Waals surface area contributed by atoms with Gasteiger partial charge in [0.1, 0.15) is 0 Å². The van der Waals surface area contributed by atoms with Crippen LogP contribution in [0.5, 0.6) is 0 Å². The summed E-state index contributed by atoms with van der Waals surface area (Å²) in [5.41, 5.74) is 1.57. The molecule has 0 nitrogen and oxygen atoms in total. The smallest absolute Gasteiger partial charge is 0.0237 e. The Balaban J connectivity index is 3.96. The van der Waals surface area contributed by atoms with Gasteiger partial charge in [-0.05, 0) is 31.6 Å². The molecule has 0 fully saturated rings. The lowest BCUT2D eigenvalue weighted by atomic mass is 9.95. The average molecular weight is 168 g/mol. The second-order valence-corrected chi connectivity index (χ2v) is 3.99. The molecule has 0 amide bonds. The second kappa shape index (κ2) is 6.28. The van der Waals surface area contributed by atoms with Crippen LogP contribution in [0.2, 0.25) is 0 Å². The Hall–Kier alpha value is -0.260. The summed E-state index contributed by atoms with van der Waals surface area (Å²) in [6.07, 6.45) is 6.33. The minimum Gasteiger partial charge on any atom is -0.0825 e. The molecule has 0 aliphatic carbocycles. The minimum absolute atomic E-state index is 0.768. The first-order valence-electron chi connectivity index (χ1n) is 5.30. The molecular formula is C12H24. The van der Waals surface area contributed by atoms with E-state index in [9.17, 15) is 0 Å². The van der Waals surface area contributed by atoms with Crippen molar-refractivity contribution in [3.05, 3.63) is 11.6 Å². The molecule has 0 rings (SSSR count). The third-order valence-corrected chi connectivity index (χ3v) is 2.68. The van der Waals surface area contributed by atoms with Crippen molar-refractivity contribution in [3.63, 3.8) is 0 Å². The fourth-order valence-corrected chi connectivity index (χ4v) is 1.47. The molecule has 0 heteroatoms. The lowest BCUT2D eigenvalue weighted by Gasteiger charge is -2.12. The predicted molar refractivity (Wildman–Crippen MR) is 57.3 cm³/mol. The molecule has 2 atom stereocenters. The van der Waals surface area contributed by atoms with Gasteiger partial charge in [-0.25, -0.2) is 0 Å². The van der Waals surface area contributed by atoms with E-state index in [0.717, 1.165) is 11.8 Å². The zero-order valence-corrected chi connectivity index (χ0v) is 9.35. The van der Waals surface area contributed by atoms with Gasteiger partial charge in [0.15, 0.2) is 0 Å². The van der Waals surface area contributed by atoms with Crippen molar-refractivity contribution in [1.29, 1.82) is 0 Å². The van der Waals surface area contributed by atoms with Crippen LogP contribution in [0.3, 0.4) is 0 Å². The van der Waals surface area contributed by atoms with E-state index < -0.39 is 0 Å². The summed E-state index contributed by atoms with van der Waals surface area (Å²) in [7, 11) is 0. The Labute approximate surface area is 78.1 Å². The first kappa shape index (κ1) is 11.7. The second-order valence-electron chi connectivity index (χ2n) is 3.99. The van der Waals surface area contributed by atoms with Crippen LogP contribution in [0, 0.1) is 11.8 Å². The first-order chi connectivity index (χ1) is 5.61. The van der Waals surface area contributed by atoms with Crippen LogP contribution >= 0.6 is 0 Å². The predicted octanol–water partition coefficient (Wildman–Crippen LogP) is 4.42. The summed E-state index contributed by atoms with van der Waals surface area (Å²) in [6.45, 7) is 11.4. The Morgan fingerprint density at radius 1 is 1.25 bits per heavy atom. The topological polar surface area (TPSA) is 0 Å². The summed E-state index contributed by atoms with van der Waals surface area (Å²) >= 11 is 0. The normalized spacial score (nSPS) is 17.6. The Kier molecular flexibility index (Phi) is 6.14. The molecule has 0 heterocycles. The van der Waals surface area contributed by atoms with E-state index in [1.54, 1.807) is 5.57 Å². The molecule has 0 bridgehead atoms. The lowest BCUT2D eigenvalue weighted by Crippen LogP contribution is -1.97.